The van der Waals surface area contributed by atoms with Gasteiger partial charge < -0.3 is 10.2 Å². The lowest BCUT2D eigenvalue weighted by molar-refractivity contribution is -0.133. The zero-order chi connectivity index (χ0) is 20.1. The quantitative estimate of drug-likeness (QED) is 0.838. The van der Waals surface area contributed by atoms with Gasteiger partial charge in [0.1, 0.15) is 0 Å². The topological polar surface area (TPSA) is 52.7 Å². The Bertz CT molecular complexity index is 813. The minimum atomic E-state index is -0.259. The second-order valence-corrected chi connectivity index (χ2v) is 7.69. The molecular formula is C22H26ClN3O2. The Balaban J connectivity index is 1.48. The van der Waals surface area contributed by atoms with E-state index < -0.39 is 0 Å². The summed E-state index contributed by atoms with van der Waals surface area (Å²) in [6.45, 7) is 6.60. The van der Waals surface area contributed by atoms with Crippen molar-refractivity contribution in [2.45, 2.75) is 26.3 Å². The predicted molar refractivity (Wildman–Crippen MR) is 113 cm³/mol. The van der Waals surface area contributed by atoms with Crippen LogP contribution < -0.4 is 5.32 Å². The number of anilines is 1. The fourth-order valence-corrected chi connectivity index (χ4v) is 3.42. The molecule has 6 heteroatoms. The molecule has 1 aliphatic rings. The second kappa shape index (κ2) is 9.22. The fraction of sp³-hybridized carbons (Fsp3) is 0.364. The van der Waals surface area contributed by atoms with E-state index in [9.17, 15) is 9.59 Å². The van der Waals surface area contributed by atoms with Crippen molar-refractivity contribution < 1.29 is 9.59 Å². The average Bonchev–Trinajstić information content (AvgIpc) is 2.71. The van der Waals surface area contributed by atoms with Crippen molar-refractivity contribution in [1.29, 1.82) is 0 Å². The number of carbonyl (C=O) groups is 2. The number of carbonyl (C=O) groups excluding carboxylic acids is 2. The summed E-state index contributed by atoms with van der Waals surface area (Å²) in [6.07, 6.45) is 0.423. The fourth-order valence-electron chi connectivity index (χ4n) is 3.30. The maximum absolute atomic E-state index is 12.5. The maximum Gasteiger partial charge on any atom is 0.241 e. The highest BCUT2D eigenvalue weighted by molar-refractivity contribution is 6.30. The van der Waals surface area contributed by atoms with E-state index in [2.05, 4.69) is 10.2 Å². The van der Waals surface area contributed by atoms with Crippen molar-refractivity contribution in [2.24, 2.45) is 0 Å². The molecular weight excluding hydrogens is 374 g/mol. The molecule has 2 amide bonds. The van der Waals surface area contributed by atoms with Gasteiger partial charge >= 0.3 is 0 Å². The highest BCUT2D eigenvalue weighted by Gasteiger charge is 2.27. The third-order valence-electron chi connectivity index (χ3n) is 5.18. The summed E-state index contributed by atoms with van der Waals surface area (Å²) in [6, 6.07) is 14.9. The van der Waals surface area contributed by atoms with E-state index in [0.717, 1.165) is 11.3 Å². The van der Waals surface area contributed by atoms with E-state index in [-0.39, 0.29) is 17.9 Å². The van der Waals surface area contributed by atoms with Crippen molar-refractivity contribution in [3.8, 4) is 0 Å². The minimum absolute atomic E-state index is 0.0539. The number of nitrogens with zero attached hydrogens (tertiary/aromatic N) is 2. The van der Waals surface area contributed by atoms with Gasteiger partial charge in [-0.1, -0.05) is 41.4 Å². The molecule has 1 aliphatic heterocycles. The molecule has 3 rings (SSSR count). The van der Waals surface area contributed by atoms with Gasteiger partial charge in [0.15, 0.2) is 0 Å². The summed E-state index contributed by atoms with van der Waals surface area (Å²) in [7, 11) is 0. The third-order valence-corrected chi connectivity index (χ3v) is 5.43. The SMILES string of the molecule is Cc1ccc(CC(=O)N2CCN(C(C)C(=O)Nc3ccc(Cl)cc3)CC2)cc1. The van der Waals surface area contributed by atoms with Gasteiger partial charge in [-0.05, 0) is 43.7 Å². The molecule has 0 saturated carbocycles. The number of amides is 2. The molecule has 5 nitrogen and oxygen atoms in total. The largest absolute Gasteiger partial charge is 0.340 e. The number of hydrogen-bond donors (Lipinski definition) is 1. The van der Waals surface area contributed by atoms with Crippen molar-refractivity contribution in [2.75, 3.05) is 31.5 Å². The van der Waals surface area contributed by atoms with Crippen molar-refractivity contribution in [1.82, 2.24) is 9.80 Å². The zero-order valence-corrected chi connectivity index (χ0v) is 17.1. The lowest BCUT2D eigenvalue weighted by Gasteiger charge is -2.37. The number of hydrogen-bond acceptors (Lipinski definition) is 3. The number of piperazine rings is 1. The van der Waals surface area contributed by atoms with E-state index in [1.165, 1.54) is 5.56 Å². The normalized spacial score (nSPS) is 15.9. The average molecular weight is 400 g/mol. The number of rotatable bonds is 5. The van der Waals surface area contributed by atoms with E-state index >= 15 is 0 Å². The van der Waals surface area contributed by atoms with Crippen molar-refractivity contribution in [3.63, 3.8) is 0 Å². The molecule has 1 atom stereocenters. The molecule has 0 aliphatic carbocycles. The standard InChI is InChI=1S/C22H26ClN3O2/c1-16-3-5-18(6-4-16)15-21(27)26-13-11-25(12-14-26)17(2)22(28)24-20-9-7-19(23)8-10-20/h3-10,17H,11-15H2,1-2H3,(H,24,28). The van der Waals surface area contributed by atoms with Gasteiger partial charge in [0.2, 0.25) is 11.8 Å². The van der Waals surface area contributed by atoms with Crippen LogP contribution in [0.3, 0.4) is 0 Å². The van der Waals surface area contributed by atoms with E-state index in [0.29, 0.717) is 37.6 Å². The molecule has 148 valence electrons. The second-order valence-electron chi connectivity index (χ2n) is 7.25. The minimum Gasteiger partial charge on any atom is -0.340 e. The molecule has 1 unspecified atom stereocenters. The number of aryl methyl sites for hydroxylation is 1. The van der Waals surface area contributed by atoms with Crippen LogP contribution in [0.1, 0.15) is 18.1 Å². The van der Waals surface area contributed by atoms with Crippen molar-refractivity contribution >= 4 is 29.1 Å². The van der Waals surface area contributed by atoms with Crippen LogP contribution in [0.4, 0.5) is 5.69 Å². The lowest BCUT2D eigenvalue weighted by atomic mass is 10.1. The van der Waals surface area contributed by atoms with Crippen molar-refractivity contribution in [3.05, 3.63) is 64.7 Å². The van der Waals surface area contributed by atoms with Crippen LogP contribution in [-0.2, 0) is 16.0 Å². The Morgan fingerprint density at radius 3 is 2.21 bits per heavy atom. The van der Waals surface area contributed by atoms with Crippen LogP contribution in [-0.4, -0.2) is 53.8 Å². The monoisotopic (exact) mass is 399 g/mol. The maximum atomic E-state index is 12.5. The molecule has 2 aromatic rings. The first-order valence-corrected chi connectivity index (χ1v) is 9.94. The number of halogens is 1. The predicted octanol–water partition coefficient (Wildman–Crippen LogP) is 3.36. The van der Waals surface area contributed by atoms with Gasteiger partial charge in [0.25, 0.3) is 0 Å². The molecule has 28 heavy (non-hydrogen) atoms. The van der Waals surface area contributed by atoms with Crippen LogP contribution in [0, 0.1) is 6.92 Å². The van der Waals surface area contributed by atoms with Crippen LogP contribution in [0.2, 0.25) is 5.02 Å². The Labute approximate surface area is 171 Å². The van der Waals surface area contributed by atoms with Crippen LogP contribution >= 0.6 is 11.6 Å². The van der Waals surface area contributed by atoms with Gasteiger partial charge in [0.05, 0.1) is 12.5 Å². The Hall–Kier alpha value is -2.37. The third kappa shape index (κ3) is 5.33. The summed E-state index contributed by atoms with van der Waals surface area (Å²) in [5.74, 6) is 0.0866. The van der Waals surface area contributed by atoms with E-state index in [1.54, 1.807) is 24.3 Å². The van der Waals surface area contributed by atoms with E-state index in [1.807, 2.05) is 43.0 Å². The Morgan fingerprint density at radius 2 is 1.61 bits per heavy atom. The zero-order valence-electron chi connectivity index (χ0n) is 16.3. The molecule has 2 aromatic carbocycles. The summed E-state index contributed by atoms with van der Waals surface area (Å²) >= 11 is 5.88. The van der Waals surface area contributed by atoms with Crippen LogP contribution in [0.25, 0.3) is 0 Å². The van der Waals surface area contributed by atoms with Crippen LogP contribution in [0.5, 0.6) is 0 Å². The molecule has 0 aromatic heterocycles. The van der Waals surface area contributed by atoms with Gasteiger partial charge in [-0.15, -0.1) is 0 Å². The summed E-state index contributed by atoms with van der Waals surface area (Å²) in [5.41, 5.74) is 2.96. The Kier molecular flexibility index (Phi) is 6.70. The molecule has 0 spiro atoms. The summed E-state index contributed by atoms with van der Waals surface area (Å²) < 4.78 is 0. The van der Waals surface area contributed by atoms with Gasteiger partial charge in [0, 0.05) is 36.9 Å². The van der Waals surface area contributed by atoms with Gasteiger partial charge in [-0.25, -0.2) is 0 Å². The first kappa shape index (κ1) is 20.4. The first-order chi connectivity index (χ1) is 13.4. The molecule has 1 saturated heterocycles. The van der Waals surface area contributed by atoms with E-state index in [4.69, 9.17) is 11.6 Å². The summed E-state index contributed by atoms with van der Waals surface area (Å²) in [5, 5.41) is 3.55. The number of benzene rings is 2. The molecule has 1 N–H and O–H groups in total. The Morgan fingerprint density at radius 1 is 1.00 bits per heavy atom. The first-order valence-electron chi connectivity index (χ1n) is 9.56. The summed E-state index contributed by atoms with van der Waals surface area (Å²) in [4.78, 5) is 29.1. The number of nitrogens with one attached hydrogen (secondary N) is 1. The highest BCUT2D eigenvalue weighted by Crippen LogP contribution is 2.15. The molecule has 1 fully saturated rings. The molecule has 1 heterocycles. The van der Waals surface area contributed by atoms with Gasteiger partial charge in [-0.3, -0.25) is 14.5 Å². The lowest BCUT2D eigenvalue weighted by Crippen LogP contribution is -2.54. The smallest absolute Gasteiger partial charge is 0.241 e. The van der Waals surface area contributed by atoms with Crippen LogP contribution in [0.15, 0.2) is 48.5 Å². The molecule has 0 bridgehead atoms. The van der Waals surface area contributed by atoms with Gasteiger partial charge in [-0.2, -0.15) is 0 Å². The highest BCUT2D eigenvalue weighted by atomic mass is 35.5. The molecule has 0 radical (unpaired) electrons.